The normalized spacial score (nSPS) is 13.6. The van der Waals surface area contributed by atoms with E-state index < -0.39 is 0 Å². The molecule has 80 valence electrons. The quantitative estimate of drug-likeness (QED) is 0.728. The Bertz CT molecular complexity index is 510. The number of benzene rings is 1. The summed E-state index contributed by atoms with van der Waals surface area (Å²) in [5.74, 6) is 0.0856. The summed E-state index contributed by atoms with van der Waals surface area (Å²) in [5, 5.41) is 7.91. The summed E-state index contributed by atoms with van der Waals surface area (Å²) in [4.78, 5) is 13.9. The van der Waals surface area contributed by atoms with Gasteiger partial charge in [0.2, 0.25) is 0 Å². The van der Waals surface area contributed by atoms with Crippen molar-refractivity contribution >= 4 is 22.9 Å². The molecule has 4 heteroatoms. The van der Waals surface area contributed by atoms with Gasteiger partial charge in [-0.3, -0.25) is 14.9 Å². The largest absolute Gasteiger partial charge is 0.293 e. The van der Waals surface area contributed by atoms with Gasteiger partial charge in [0.25, 0.3) is 0 Å². The number of allylic oxidation sites excluding steroid dienone is 1. The zero-order valence-corrected chi connectivity index (χ0v) is 8.63. The Hall–Kier alpha value is -2.23. The van der Waals surface area contributed by atoms with Crippen LogP contribution in [0, 0.1) is 0 Å². The van der Waals surface area contributed by atoms with Gasteiger partial charge < -0.3 is 0 Å². The number of nitrogens with one attached hydrogen (secondary N) is 1. The highest BCUT2D eigenvalue weighted by molar-refractivity contribution is 6.28. The molecule has 0 radical (unpaired) electrons. The lowest BCUT2D eigenvalue weighted by Crippen LogP contribution is -1.98. The smallest absolute Gasteiger partial charge is 0.177 e. The van der Waals surface area contributed by atoms with E-state index in [4.69, 9.17) is 0 Å². The first kappa shape index (κ1) is 10.3. The first-order valence-electron chi connectivity index (χ1n) is 4.95. The van der Waals surface area contributed by atoms with Crippen LogP contribution in [0.5, 0.6) is 0 Å². The molecule has 1 aromatic heterocycles. The summed E-state index contributed by atoms with van der Waals surface area (Å²) >= 11 is 0. The molecule has 0 fully saturated rings. The second-order valence-electron chi connectivity index (χ2n) is 3.29. The fraction of sp³-hybridized carbons (Fsp3) is 0.0833. The van der Waals surface area contributed by atoms with Crippen LogP contribution in [0.2, 0.25) is 0 Å². The van der Waals surface area contributed by atoms with Crippen LogP contribution in [-0.2, 0) is 4.79 Å². The van der Waals surface area contributed by atoms with E-state index in [1.54, 1.807) is 12.3 Å². The van der Waals surface area contributed by atoms with Crippen molar-refractivity contribution in [2.45, 2.75) is 6.42 Å². The Morgan fingerprint density at radius 3 is 2.75 bits per heavy atom. The first-order chi connectivity index (χ1) is 7.86. The number of hydrogen-bond donors (Lipinski definition) is 1. The van der Waals surface area contributed by atoms with Gasteiger partial charge in [-0.1, -0.05) is 24.3 Å². The van der Waals surface area contributed by atoms with E-state index in [1.807, 2.05) is 30.5 Å². The number of H-pyrrole nitrogens is 1. The van der Waals surface area contributed by atoms with Crippen molar-refractivity contribution in [2.24, 2.45) is 4.99 Å². The lowest BCUT2D eigenvalue weighted by Gasteiger charge is -1.88. The summed E-state index contributed by atoms with van der Waals surface area (Å²) in [5.41, 5.74) is 1.09. The second kappa shape index (κ2) is 5.02. The molecule has 1 N–H and O–H groups in total. The molecule has 3 rings (SSSR count). The number of Topliss-reactive ketones (excluding diaryl/α,β-unsaturated/α-hetero) is 1. The Morgan fingerprint density at radius 2 is 2.12 bits per heavy atom. The van der Waals surface area contributed by atoms with Crippen LogP contribution in [0.25, 0.3) is 10.9 Å². The van der Waals surface area contributed by atoms with E-state index in [1.165, 1.54) is 6.21 Å². The molecule has 0 unspecified atom stereocenters. The van der Waals surface area contributed by atoms with Gasteiger partial charge in [0.15, 0.2) is 5.78 Å². The summed E-state index contributed by atoms with van der Waals surface area (Å²) in [7, 11) is 0. The van der Waals surface area contributed by atoms with Gasteiger partial charge in [-0.15, -0.1) is 0 Å². The molecule has 0 saturated carbocycles. The number of aromatic amines is 1. The molecule has 1 aliphatic heterocycles. The first-order valence-corrected chi connectivity index (χ1v) is 4.95. The van der Waals surface area contributed by atoms with Crippen LogP contribution in [0.1, 0.15) is 6.42 Å². The minimum Gasteiger partial charge on any atom is -0.293 e. The average Bonchev–Trinajstić information content (AvgIpc) is 2.79. The van der Waals surface area contributed by atoms with Crippen LogP contribution in [0.3, 0.4) is 0 Å². The molecule has 1 aliphatic rings. The number of aromatic nitrogens is 2. The summed E-state index contributed by atoms with van der Waals surface area (Å²) in [6.07, 6.45) is 7.03. The SMILES string of the molecule is O=C1C=NC=CC1.c1ccc2[nH]ncc2c1. The van der Waals surface area contributed by atoms with Crippen LogP contribution in [0.4, 0.5) is 0 Å². The van der Waals surface area contributed by atoms with Gasteiger partial charge in [0.05, 0.1) is 17.9 Å². The number of ketones is 1. The number of hydrogen-bond acceptors (Lipinski definition) is 3. The maximum atomic E-state index is 10.3. The third-order valence-corrected chi connectivity index (χ3v) is 2.08. The minimum atomic E-state index is 0.0856. The van der Waals surface area contributed by atoms with E-state index in [2.05, 4.69) is 15.2 Å². The van der Waals surface area contributed by atoms with Crippen molar-refractivity contribution in [3.05, 3.63) is 42.7 Å². The van der Waals surface area contributed by atoms with Gasteiger partial charge >= 0.3 is 0 Å². The molecule has 0 aliphatic carbocycles. The molecule has 1 aromatic carbocycles. The van der Waals surface area contributed by atoms with Crippen molar-refractivity contribution in [3.8, 4) is 0 Å². The summed E-state index contributed by atoms with van der Waals surface area (Å²) < 4.78 is 0. The molecule has 0 bridgehead atoms. The van der Waals surface area contributed by atoms with Crippen molar-refractivity contribution in [1.29, 1.82) is 0 Å². The number of nitrogens with zero attached hydrogens (tertiary/aromatic N) is 2. The molecule has 4 nitrogen and oxygen atoms in total. The predicted molar refractivity (Wildman–Crippen MR) is 63.3 cm³/mol. The molecular formula is C12H11N3O. The van der Waals surface area contributed by atoms with Crippen molar-refractivity contribution < 1.29 is 4.79 Å². The van der Waals surface area contributed by atoms with Gasteiger partial charge in [0.1, 0.15) is 0 Å². The molecule has 0 saturated heterocycles. The Kier molecular flexibility index (Phi) is 3.23. The number of aliphatic imine (C=N–C) groups is 1. The monoisotopic (exact) mass is 213 g/mol. The van der Waals surface area contributed by atoms with E-state index in [0.717, 1.165) is 10.9 Å². The number of rotatable bonds is 0. The summed E-state index contributed by atoms with van der Waals surface area (Å²) in [6, 6.07) is 8.01. The van der Waals surface area contributed by atoms with Crippen molar-refractivity contribution in [2.75, 3.05) is 0 Å². The fourth-order valence-corrected chi connectivity index (χ4v) is 1.29. The molecule has 2 heterocycles. The highest BCUT2D eigenvalue weighted by Gasteiger charge is 1.93. The maximum Gasteiger partial charge on any atom is 0.177 e. The lowest BCUT2D eigenvalue weighted by molar-refractivity contribution is -0.111. The third kappa shape index (κ3) is 2.63. The maximum absolute atomic E-state index is 10.3. The minimum absolute atomic E-state index is 0.0856. The highest BCUT2D eigenvalue weighted by Crippen LogP contribution is 2.06. The topological polar surface area (TPSA) is 58.1 Å². The molecular weight excluding hydrogens is 202 g/mol. The van der Waals surface area contributed by atoms with Crippen LogP contribution >= 0.6 is 0 Å². The molecule has 0 amide bonds. The fourth-order valence-electron chi connectivity index (χ4n) is 1.29. The van der Waals surface area contributed by atoms with Crippen LogP contribution in [0.15, 0.2) is 47.7 Å². The van der Waals surface area contributed by atoms with E-state index >= 15 is 0 Å². The predicted octanol–water partition coefficient (Wildman–Crippen LogP) is 2.11. The molecule has 0 atom stereocenters. The summed E-state index contributed by atoms with van der Waals surface area (Å²) in [6.45, 7) is 0. The number of fused-ring (bicyclic) bond motifs is 1. The number of para-hydroxylation sites is 1. The zero-order chi connectivity index (χ0) is 11.2. The Labute approximate surface area is 92.7 Å². The average molecular weight is 213 g/mol. The van der Waals surface area contributed by atoms with Gasteiger partial charge in [-0.2, -0.15) is 5.10 Å². The van der Waals surface area contributed by atoms with E-state index in [9.17, 15) is 4.79 Å². The van der Waals surface area contributed by atoms with E-state index in [-0.39, 0.29) is 5.78 Å². The van der Waals surface area contributed by atoms with Gasteiger partial charge in [-0.25, -0.2) is 0 Å². The Balaban J connectivity index is 0.000000125. The molecule has 16 heavy (non-hydrogen) atoms. The number of carbonyl (C=O) groups is 1. The van der Waals surface area contributed by atoms with Crippen molar-refractivity contribution in [1.82, 2.24) is 10.2 Å². The van der Waals surface area contributed by atoms with Gasteiger partial charge in [-0.05, 0) is 6.07 Å². The van der Waals surface area contributed by atoms with Crippen molar-refractivity contribution in [3.63, 3.8) is 0 Å². The highest BCUT2D eigenvalue weighted by atomic mass is 16.1. The van der Waals surface area contributed by atoms with Crippen LogP contribution < -0.4 is 0 Å². The lowest BCUT2D eigenvalue weighted by atomic mass is 10.3. The van der Waals surface area contributed by atoms with E-state index in [0.29, 0.717) is 6.42 Å². The molecule has 0 spiro atoms. The Morgan fingerprint density at radius 1 is 1.25 bits per heavy atom. The zero-order valence-electron chi connectivity index (χ0n) is 8.63. The second-order valence-corrected chi connectivity index (χ2v) is 3.29. The standard InChI is InChI=1S/C7H6N2.C5H5NO/c1-2-4-7-6(3-1)5-8-9-7;7-5-2-1-3-6-4-5/h1-5H,(H,8,9);1,3-4H,2H2. The number of carbonyl (C=O) groups excluding carboxylic acids is 1. The van der Waals surface area contributed by atoms with Crippen LogP contribution in [-0.4, -0.2) is 22.2 Å². The van der Waals surface area contributed by atoms with Gasteiger partial charge in [0, 0.05) is 18.0 Å². The molecule has 2 aromatic rings. The third-order valence-electron chi connectivity index (χ3n) is 2.08.